The molecule has 8 nitrogen and oxygen atoms in total. The number of ketones is 1. The first-order chi connectivity index (χ1) is 14.2. The Hall–Kier alpha value is -3.81. The van der Waals surface area contributed by atoms with Crippen molar-refractivity contribution in [2.24, 2.45) is 5.92 Å². The highest BCUT2D eigenvalue weighted by Gasteiger charge is 2.24. The lowest BCUT2D eigenvalue weighted by Crippen LogP contribution is -2.21. The number of ether oxygens (including phenoxy) is 2. The molecule has 1 amide bonds. The molecule has 8 heteroatoms. The Kier molecular flexibility index (Phi) is 7.57. The van der Waals surface area contributed by atoms with Crippen molar-refractivity contribution in [1.82, 2.24) is 0 Å². The predicted molar refractivity (Wildman–Crippen MR) is 110 cm³/mol. The third kappa shape index (κ3) is 6.10. The number of Topliss-reactive ketones (excluding diaryl/α,β-unsaturated/α-hetero) is 1. The molecule has 0 spiro atoms. The molecule has 0 radical (unpaired) electrons. The van der Waals surface area contributed by atoms with Crippen LogP contribution >= 0.6 is 0 Å². The fraction of sp³-hybridized carbons (Fsp3) is 0.227. The molecule has 0 aliphatic carbocycles. The zero-order chi connectivity index (χ0) is 22.3. The lowest BCUT2D eigenvalue weighted by Gasteiger charge is -2.23. The van der Waals surface area contributed by atoms with E-state index in [0.29, 0.717) is 16.8 Å². The summed E-state index contributed by atoms with van der Waals surface area (Å²) < 4.78 is 10.5. The molecule has 2 aromatic carbocycles. The number of carboxylic acids is 1. The number of methoxy groups -OCH3 is 1. The summed E-state index contributed by atoms with van der Waals surface area (Å²) in [7, 11) is 1.41. The number of aromatic hydroxyl groups is 1. The summed E-state index contributed by atoms with van der Waals surface area (Å²) >= 11 is 0. The summed E-state index contributed by atoms with van der Waals surface area (Å²) in [6.07, 6.45) is 0.696. The van der Waals surface area contributed by atoms with Crippen LogP contribution in [0, 0.1) is 5.92 Å². The lowest BCUT2D eigenvalue weighted by atomic mass is 9.96. The van der Waals surface area contributed by atoms with E-state index in [1.54, 1.807) is 37.3 Å². The van der Waals surface area contributed by atoms with Gasteiger partial charge in [0.2, 0.25) is 0 Å². The van der Waals surface area contributed by atoms with E-state index < -0.39 is 24.1 Å². The van der Waals surface area contributed by atoms with Crippen LogP contribution in [0.25, 0.3) is 0 Å². The van der Waals surface area contributed by atoms with Gasteiger partial charge in [0, 0.05) is 23.2 Å². The molecular formula is C22H23NO7. The zero-order valence-corrected chi connectivity index (χ0v) is 16.8. The predicted octanol–water partition coefficient (Wildman–Crippen LogP) is 4.17. The van der Waals surface area contributed by atoms with Crippen LogP contribution in [0.5, 0.6) is 11.5 Å². The number of carbonyl (C=O) groups is 3. The van der Waals surface area contributed by atoms with E-state index in [4.69, 9.17) is 14.6 Å². The van der Waals surface area contributed by atoms with Crippen LogP contribution in [0.15, 0.2) is 54.6 Å². The van der Waals surface area contributed by atoms with E-state index in [1.807, 2.05) is 0 Å². The van der Waals surface area contributed by atoms with Gasteiger partial charge in [0.25, 0.3) is 0 Å². The highest BCUT2D eigenvalue weighted by molar-refractivity contribution is 5.95. The number of carbonyl (C=O) groups excluding carboxylic acids is 2. The topological polar surface area (TPSA) is 122 Å². The largest absolute Gasteiger partial charge is 0.504 e. The minimum atomic E-state index is -1.13. The molecule has 30 heavy (non-hydrogen) atoms. The normalized spacial score (nSPS) is 12.8. The Morgan fingerprint density at radius 3 is 2.30 bits per heavy atom. The number of benzene rings is 2. The minimum absolute atomic E-state index is 0.0949. The molecule has 0 heterocycles. The van der Waals surface area contributed by atoms with Gasteiger partial charge in [-0.3, -0.25) is 10.1 Å². The Morgan fingerprint density at radius 1 is 1.10 bits per heavy atom. The molecule has 0 unspecified atom stereocenters. The van der Waals surface area contributed by atoms with Crippen molar-refractivity contribution >= 4 is 23.5 Å². The Balaban J connectivity index is 2.23. The number of aliphatic carboxylic acids is 1. The molecule has 2 atom stereocenters. The summed E-state index contributed by atoms with van der Waals surface area (Å²) in [5.41, 5.74) is 1.39. The second-order valence-corrected chi connectivity index (χ2v) is 6.57. The second-order valence-electron chi connectivity index (χ2n) is 6.57. The number of phenolic OH excluding ortho intramolecular Hbond substituents is 1. The molecule has 0 fully saturated rings. The van der Waals surface area contributed by atoms with Crippen molar-refractivity contribution in [2.75, 3.05) is 12.4 Å². The fourth-order valence-electron chi connectivity index (χ4n) is 2.75. The van der Waals surface area contributed by atoms with Gasteiger partial charge >= 0.3 is 12.1 Å². The molecule has 2 rings (SSSR count). The monoisotopic (exact) mass is 413 g/mol. The highest BCUT2D eigenvalue weighted by atomic mass is 16.6. The summed E-state index contributed by atoms with van der Waals surface area (Å²) in [6, 6.07) is 10.8. The first-order valence-electron chi connectivity index (χ1n) is 9.08. The maximum atomic E-state index is 12.4. The smallest absolute Gasteiger partial charge is 0.412 e. The number of phenols is 1. The lowest BCUT2D eigenvalue weighted by molar-refractivity contribution is -0.131. The molecular weight excluding hydrogens is 390 g/mol. The van der Waals surface area contributed by atoms with Gasteiger partial charge in [-0.25, -0.2) is 9.59 Å². The average molecular weight is 413 g/mol. The third-order valence-corrected chi connectivity index (χ3v) is 4.32. The first kappa shape index (κ1) is 22.5. The van der Waals surface area contributed by atoms with Gasteiger partial charge in [-0.1, -0.05) is 19.1 Å². The Morgan fingerprint density at radius 2 is 1.77 bits per heavy atom. The third-order valence-electron chi connectivity index (χ3n) is 4.32. The van der Waals surface area contributed by atoms with Gasteiger partial charge in [0.05, 0.1) is 7.11 Å². The number of anilines is 1. The summed E-state index contributed by atoms with van der Waals surface area (Å²) in [5, 5.41) is 21.5. The molecule has 0 aliphatic rings. The molecule has 2 aromatic rings. The average Bonchev–Trinajstić information content (AvgIpc) is 2.70. The SMILES string of the molecule is COc1ccc([C@@H](OC(=O)Nc2ccc(C(C)=O)cc2)[C@@H](C)/C=C/C(=O)O)cc1O. The van der Waals surface area contributed by atoms with Gasteiger partial charge < -0.3 is 19.7 Å². The quantitative estimate of drug-likeness (QED) is 0.438. The van der Waals surface area contributed by atoms with Crippen LogP contribution in [-0.4, -0.2) is 35.2 Å². The van der Waals surface area contributed by atoms with Gasteiger partial charge in [-0.05, 0) is 48.9 Å². The van der Waals surface area contributed by atoms with Crippen LogP contribution in [0.3, 0.4) is 0 Å². The van der Waals surface area contributed by atoms with Gasteiger partial charge in [-0.15, -0.1) is 0 Å². The Labute approximate surface area is 173 Å². The van der Waals surface area contributed by atoms with Gasteiger partial charge in [0.1, 0.15) is 6.10 Å². The van der Waals surface area contributed by atoms with Crippen molar-refractivity contribution in [3.8, 4) is 11.5 Å². The number of hydrogen-bond donors (Lipinski definition) is 3. The summed E-state index contributed by atoms with van der Waals surface area (Å²) in [5.74, 6) is -1.63. The second kappa shape index (κ2) is 10.1. The standard InChI is InChI=1S/C22H23NO7/c1-13(4-11-20(26)27)21(16-7-10-19(29-3)18(25)12-16)30-22(28)23-17-8-5-15(6-9-17)14(2)24/h4-13,21,25H,1-3H3,(H,23,28)(H,26,27)/b11-4+/t13-,21-/m0/s1. The van der Waals surface area contributed by atoms with Gasteiger partial charge in [-0.2, -0.15) is 0 Å². The van der Waals surface area contributed by atoms with Gasteiger partial charge in [0.15, 0.2) is 17.3 Å². The number of nitrogens with one attached hydrogen (secondary N) is 1. The minimum Gasteiger partial charge on any atom is -0.504 e. The van der Waals surface area contributed by atoms with Crippen molar-refractivity contribution in [3.63, 3.8) is 0 Å². The van der Waals surface area contributed by atoms with Crippen LogP contribution in [0.4, 0.5) is 10.5 Å². The number of hydrogen-bond acceptors (Lipinski definition) is 6. The number of carboxylic acid groups (broad SMARTS) is 1. The van der Waals surface area contributed by atoms with Crippen LogP contribution < -0.4 is 10.1 Å². The van der Waals surface area contributed by atoms with Crippen LogP contribution in [-0.2, 0) is 9.53 Å². The molecule has 0 saturated carbocycles. The van der Waals surface area contributed by atoms with Crippen LogP contribution in [0.1, 0.15) is 35.9 Å². The maximum Gasteiger partial charge on any atom is 0.412 e. The van der Waals surface area contributed by atoms with E-state index in [-0.39, 0.29) is 17.3 Å². The molecule has 0 aliphatic heterocycles. The van der Waals surface area contributed by atoms with Crippen LogP contribution in [0.2, 0.25) is 0 Å². The Bertz CT molecular complexity index is 950. The summed E-state index contributed by atoms with van der Waals surface area (Å²) in [4.78, 5) is 34.6. The van der Waals surface area contributed by atoms with Crippen molar-refractivity contribution in [1.29, 1.82) is 0 Å². The molecule has 0 saturated heterocycles. The van der Waals surface area contributed by atoms with E-state index in [9.17, 15) is 19.5 Å². The highest BCUT2D eigenvalue weighted by Crippen LogP contribution is 2.34. The van der Waals surface area contributed by atoms with Crippen molar-refractivity contribution in [3.05, 3.63) is 65.7 Å². The summed E-state index contributed by atoms with van der Waals surface area (Å²) in [6.45, 7) is 3.12. The number of amides is 1. The van der Waals surface area contributed by atoms with E-state index in [2.05, 4.69) is 5.32 Å². The van der Waals surface area contributed by atoms with E-state index >= 15 is 0 Å². The molecule has 0 bridgehead atoms. The maximum absolute atomic E-state index is 12.4. The fourth-order valence-corrected chi connectivity index (χ4v) is 2.75. The van der Waals surface area contributed by atoms with E-state index in [1.165, 1.54) is 32.2 Å². The first-order valence-corrected chi connectivity index (χ1v) is 9.08. The van der Waals surface area contributed by atoms with Crippen molar-refractivity contribution < 1.29 is 34.1 Å². The van der Waals surface area contributed by atoms with E-state index in [0.717, 1.165) is 6.08 Å². The molecule has 158 valence electrons. The van der Waals surface area contributed by atoms with Crippen molar-refractivity contribution in [2.45, 2.75) is 20.0 Å². The molecule has 3 N–H and O–H groups in total. The molecule has 0 aromatic heterocycles. The zero-order valence-electron chi connectivity index (χ0n) is 16.8. The number of rotatable bonds is 8.